The minimum Gasteiger partial charge on any atom is -0.431 e. The van der Waals surface area contributed by atoms with Crippen molar-refractivity contribution >= 4 is 33.3 Å². The van der Waals surface area contributed by atoms with Gasteiger partial charge in [-0.2, -0.15) is 0 Å². The highest BCUT2D eigenvalue weighted by Gasteiger charge is 2.44. The number of aliphatic hydroxyl groups excluding tert-OH is 2. The third kappa shape index (κ3) is 7.05. The maximum absolute atomic E-state index is 13.5. The number of cyclic esters (lactones) is 1. The molecule has 8 heteroatoms. The number of allylic oxidation sites excluding steroid dienone is 1. The van der Waals surface area contributed by atoms with Gasteiger partial charge in [-0.1, -0.05) is 39.3 Å². The van der Waals surface area contributed by atoms with Crippen LogP contribution in [0.5, 0.6) is 0 Å². The number of benzene rings is 1. The van der Waals surface area contributed by atoms with Gasteiger partial charge in [-0.25, -0.2) is 4.98 Å². The zero-order valence-corrected chi connectivity index (χ0v) is 23.6. The summed E-state index contributed by atoms with van der Waals surface area (Å²) in [7, 11) is 0. The van der Waals surface area contributed by atoms with Gasteiger partial charge in [-0.05, 0) is 58.1 Å². The van der Waals surface area contributed by atoms with Gasteiger partial charge in [0.15, 0.2) is 0 Å². The highest BCUT2D eigenvalue weighted by atomic mass is 32.1. The predicted molar refractivity (Wildman–Crippen MR) is 145 cm³/mol. The number of rotatable bonds is 3. The zero-order valence-electron chi connectivity index (χ0n) is 22.8. The molecule has 3 rings (SSSR count). The van der Waals surface area contributed by atoms with Crippen LogP contribution >= 0.6 is 11.3 Å². The first-order valence-corrected chi connectivity index (χ1v) is 13.8. The predicted octanol–water partition coefficient (Wildman–Crippen LogP) is 5.66. The van der Waals surface area contributed by atoms with Crippen LogP contribution in [0, 0.1) is 24.2 Å². The summed E-state index contributed by atoms with van der Waals surface area (Å²) in [4.78, 5) is 31.1. The maximum atomic E-state index is 13.5. The number of ketones is 1. The fourth-order valence-electron chi connectivity index (χ4n) is 4.94. The molecule has 0 spiro atoms. The monoisotopic (exact) mass is 531 g/mol. The Morgan fingerprint density at radius 2 is 1.92 bits per heavy atom. The molecule has 5 atom stereocenters. The number of hydrogen-bond acceptors (Lipinski definition) is 8. The van der Waals surface area contributed by atoms with E-state index in [1.165, 1.54) is 0 Å². The lowest BCUT2D eigenvalue weighted by atomic mass is 9.71. The van der Waals surface area contributed by atoms with E-state index in [4.69, 9.17) is 9.47 Å². The van der Waals surface area contributed by atoms with E-state index in [0.717, 1.165) is 21.6 Å². The van der Waals surface area contributed by atoms with E-state index in [2.05, 4.69) is 11.6 Å². The molecule has 1 aromatic heterocycles. The van der Waals surface area contributed by atoms with E-state index in [1.807, 2.05) is 45.9 Å². The first-order valence-electron chi connectivity index (χ1n) is 13.0. The van der Waals surface area contributed by atoms with Crippen LogP contribution in [-0.2, 0) is 19.1 Å². The molecule has 2 aromatic rings. The molecule has 1 aromatic carbocycles. The Labute approximate surface area is 223 Å². The van der Waals surface area contributed by atoms with Crippen LogP contribution < -0.4 is 0 Å². The van der Waals surface area contributed by atoms with Crippen molar-refractivity contribution in [1.82, 2.24) is 4.98 Å². The molecule has 0 radical (unpaired) electrons. The zero-order chi connectivity index (χ0) is 27.5. The number of aryl methyl sites for hydroxylation is 1. The summed E-state index contributed by atoms with van der Waals surface area (Å²) >= 11 is 1.59. The minimum atomic E-state index is -1.30. The van der Waals surface area contributed by atoms with Crippen LogP contribution in [-0.4, -0.2) is 44.8 Å². The third-order valence-corrected chi connectivity index (χ3v) is 8.43. The lowest BCUT2D eigenvalue weighted by Gasteiger charge is -2.35. The number of ether oxygens (including phenoxy) is 2. The Hall–Kier alpha value is -2.13. The number of carbonyl (C=O) groups excluding carboxylic acids is 2. The molecule has 204 valence electrons. The molecule has 1 saturated heterocycles. The van der Waals surface area contributed by atoms with E-state index in [1.54, 1.807) is 31.3 Å². The van der Waals surface area contributed by atoms with Crippen molar-refractivity contribution in [3.05, 3.63) is 41.4 Å². The van der Waals surface area contributed by atoms with Gasteiger partial charge in [0, 0.05) is 11.5 Å². The summed E-state index contributed by atoms with van der Waals surface area (Å²) < 4.78 is 13.2. The molecule has 2 N–H and O–H groups in total. The van der Waals surface area contributed by atoms with Crippen molar-refractivity contribution in [2.75, 3.05) is 0 Å². The summed E-state index contributed by atoms with van der Waals surface area (Å²) in [5.74, 6) is -1.83. The smallest absolute Gasteiger partial charge is 0.311 e. The van der Waals surface area contributed by atoms with Gasteiger partial charge >= 0.3 is 5.97 Å². The third-order valence-electron chi connectivity index (χ3n) is 7.47. The Morgan fingerprint density at radius 1 is 1.22 bits per heavy atom. The van der Waals surface area contributed by atoms with Gasteiger partial charge in [-0.3, -0.25) is 9.59 Å². The maximum Gasteiger partial charge on any atom is 0.311 e. The molecular formula is C29H41NO6S. The van der Waals surface area contributed by atoms with Gasteiger partial charge in [0.2, 0.25) is 6.29 Å². The molecule has 0 aliphatic carbocycles. The second-order valence-corrected chi connectivity index (χ2v) is 12.7. The second-order valence-electron chi connectivity index (χ2n) is 11.5. The molecule has 37 heavy (non-hydrogen) atoms. The number of Topliss-reactive ketones (excluding diaryl/α,β-unsaturated/α-hetero) is 1. The number of aromatic nitrogens is 1. The van der Waals surface area contributed by atoms with E-state index in [0.29, 0.717) is 24.8 Å². The van der Waals surface area contributed by atoms with Crippen LogP contribution in [0.2, 0.25) is 0 Å². The number of nitrogens with zero attached hydrogens (tertiary/aromatic N) is 1. The van der Waals surface area contributed by atoms with E-state index >= 15 is 0 Å². The molecular weight excluding hydrogens is 490 g/mol. The average Bonchev–Trinajstić information content (AvgIpc) is 3.19. The number of hydrogen-bond donors (Lipinski definition) is 2. The number of esters is 1. The molecule has 2 heterocycles. The number of fused-ring (bicyclic) bond motifs is 1. The fraction of sp³-hybridized carbons (Fsp3) is 0.621. The Morgan fingerprint density at radius 3 is 2.59 bits per heavy atom. The number of thiazole rings is 1. The van der Waals surface area contributed by atoms with Gasteiger partial charge < -0.3 is 19.7 Å². The van der Waals surface area contributed by atoms with Crippen molar-refractivity contribution in [3.63, 3.8) is 0 Å². The van der Waals surface area contributed by atoms with E-state index in [-0.39, 0.29) is 18.1 Å². The Kier molecular flexibility index (Phi) is 9.32. The highest BCUT2D eigenvalue weighted by molar-refractivity contribution is 7.18. The highest BCUT2D eigenvalue weighted by Crippen LogP contribution is 2.36. The molecule has 1 aliphatic rings. The number of aliphatic hydroxyl groups is 2. The summed E-state index contributed by atoms with van der Waals surface area (Å²) in [6.07, 6.45) is 0.425. The van der Waals surface area contributed by atoms with Crippen LogP contribution in [0.4, 0.5) is 0 Å². The molecule has 0 saturated carbocycles. The van der Waals surface area contributed by atoms with Crippen LogP contribution in [0.3, 0.4) is 0 Å². The summed E-state index contributed by atoms with van der Waals surface area (Å²) in [5.41, 5.74) is -0.462. The van der Waals surface area contributed by atoms with Crippen molar-refractivity contribution in [2.24, 2.45) is 17.3 Å². The largest absolute Gasteiger partial charge is 0.431 e. The first-order chi connectivity index (χ1) is 17.2. The topological polar surface area (TPSA) is 106 Å². The fourth-order valence-corrected chi connectivity index (χ4v) is 5.74. The summed E-state index contributed by atoms with van der Waals surface area (Å²) in [6, 6.07) is 5.67. The molecule has 1 aliphatic heterocycles. The van der Waals surface area contributed by atoms with Gasteiger partial charge in [0.25, 0.3) is 0 Å². The Balaban J connectivity index is 1.96. The molecule has 0 amide bonds. The molecule has 5 unspecified atom stereocenters. The number of carbonyl (C=O) groups is 2. The lowest BCUT2D eigenvalue weighted by Crippen LogP contribution is -2.46. The van der Waals surface area contributed by atoms with E-state index < -0.39 is 41.4 Å². The van der Waals surface area contributed by atoms with Crippen molar-refractivity contribution in [2.45, 2.75) is 97.7 Å². The van der Waals surface area contributed by atoms with E-state index in [9.17, 15) is 19.8 Å². The average molecular weight is 532 g/mol. The molecule has 0 bridgehead atoms. The van der Waals surface area contributed by atoms with Crippen molar-refractivity contribution in [3.8, 4) is 0 Å². The molecule has 1 fully saturated rings. The van der Waals surface area contributed by atoms with Crippen LogP contribution in [0.1, 0.15) is 83.6 Å². The summed E-state index contributed by atoms with van der Waals surface area (Å²) in [6.45, 7) is 14.7. The quantitative estimate of drug-likeness (QED) is 0.389. The SMILES string of the molecule is C=CCC1C(=O)C(C)(C)C(O)CC(=O)OC(c2ccc3sc(C)nc3c2)OC(C)(C)CCCC(C)C1O. The van der Waals surface area contributed by atoms with Crippen LogP contribution in [0.15, 0.2) is 30.9 Å². The Bertz CT molecular complexity index is 1120. The second kappa shape index (κ2) is 11.7. The summed E-state index contributed by atoms with van der Waals surface area (Å²) in [5, 5.41) is 23.1. The minimum absolute atomic E-state index is 0.147. The van der Waals surface area contributed by atoms with Crippen molar-refractivity contribution in [1.29, 1.82) is 0 Å². The van der Waals surface area contributed by atoms with Gasteiger partial charge in [0.05, 0.1) is 44.9 Å². The lowest BCUT2D eigenvalue weighted by molar-refractivity contribution is -0.213. The molecule has 7 nitrogen and oxygen atoms in total. The first kappa shape index (κ1) is 29.4. The van der Waals surface area contributed by atoms with Crippen LogP contribution in [0.25, 0.3) is 10.2 Å². The van der Waals surface area contributed by atoms with Gasteiger partial charge in [0.1, 0.15) is 5.78 Å². The van der Waals surface area contributed by atoms with Gasteiger partial charge in [-0.15, -0.1) is 17.9 Å². The van der Waals surface area contributed by atoms with Crippen molar-refractivity contribution < 1.29 is 29.3 Å². The standard InChI is InChI=1S/C29H41NO6S/c1-8-10-20-25(33)17(2)11-9-14-28(4,5)36-27(19-12-13-22-21(15-19)30-18(3)37-22)35-24(32)16-23(31)29(6,7)26(20)34/h8,12-13,15,17,20,23,25,27,31,33H,1,9-11,14,16H2,2-7H3. The normalized spacial score (nSPS) is 29.8.